The van der Waals surface area contributed by atoms with Crippen LogP contribution in [-0.4, -0.2) is 56.9 Å². The van der Waals surface area contributed by atoms with Gasteiger partial charge in [0.2, 0.25) is 5.76 Å². The Balaban J connectivity index is 1.03. The standard InChI is InChI=1S/C42H41Cl2N3O8/c1-50-35-13-11-28(20-38(35)51-2)37(21-32-33(43)22-45-23-34(32)44)54-41(48)36-14-12-31(53-36)25-52-30-10-6-9-29(19-30)40(27-7-4-3-5-8-27)46-42(49)55-39-24-47-17-15-26(39)16-18-47/h3-14,19-20,22-23,26,37,39-40H,15-18,21,24-25H2,1-2H3,(H,46,49)/p+1/t37-,39-,40-/m0/s1. The number of esters is 1. The first kappa shape index (κ1) is 38.1. The van der Waals surface area contributed by atoms with Crippen molar-refractivity contribution in [3.05, 3.63) is 141 Å². The molecule has 13 heteroatoms. The van der Waals surface area contributed by atoms with E-state index in [9.17, 15) is 9.59 Å². The zero-order valence-corrected chi connectivity index (χ0v) is 32.0. The number of carbonyl (C=O) groups excluding carboxylic acids is 2. The highest BCUT2D eigenvalue weighted by atomic mass is 35.5. The molecule has 8 rings (SSSR count). The smallest absolute Gasteiger partial charge is 0.408 e. The van der Waals surface area contributed by atoms with Crippen molar-refractivity contribution in [1.82, 2.24) is 10.2 Å². The summed E-state index contributed by atoms with van der Waals surface area (Å²) >= 11 is 13.0. The minimum absolute atomic E-state index is 0.00809. The lowest BCUT2D eigenvalue weighted by Gasteiger charge is -2.43. The maximum Gasteiger partial charge on any atom is 0.408 e. The molecule has 0 spiro atoms. The number of H-pyrrole nitrogens is 1. The summed E-state index contributed by atoms with van der Waals surface area (Å²) in [5.41, 5.74) is 2.95. The summed E-state index contributed by atoms with van der Waals surface area (Å²) in [6.07, 6.45) is 4.13. The number of pyridine rings is 1. The molecule has 2 bridgehead atoms. The van der Waals surface area contributed by atoms with E-state index in [1.807, 2.05) is 54.6 Å². The number of methoxy groups -OCH3 is 2. The number of halogens is 2. The van der Waals surface area contributed by atoms with Crippen LogP contribution in [0.3, 0.4) is 0 Å². The lowest BCUT2D eigenvalue weighted by Crippen LogP contribution is -2.52. The first-order chi connectivity index (χ1) is 26.8. The van der Waals surface area contributed by atoms with Gasteiger partial charge in [0.1, 0.15) is 40.4 Å². The second-order valence-corrected chi connectivity index (χ2v) is 14.4. The fourth-order valence-electron chi connectivity index (χ4n) is 7.17. The average molecular weight is 788 g/mol. The lowest BCUT2D eigenvalue weighted by atomic mass is 9.86. The Hall–Kier alpha value is -5.23. The molecule has 11 nitrogen and oxygen atoms in total. The van der Waals surface area contributed by atoms with Gasteiger partial charge in [0.15, 0.2) is 23.9 Å². The Morgan fingerprint density at radius 2 is 1.62 bits per heavy atom. The largest absolute Gasteiger partial charge is 0.493 e. The normalized spacial score (nSPS) is 18.5. The van der Waals surface area contributed by atoms with E-state index in [1.54, 1.807) is 43.8 Å². The van der Waals surface area contributed by atoms with Crippen molar-refractivity contribution in [3.8, 4) is 17.2 Å². The van der Waals surface area contributed by atoms with Crippen LogP contribution in [-0.2, 0) is 22.5 Å². The summed E-state index contributed by atoms with van der Waals surface area (Å²) in [4.78, 5) is 32.0. The van der Waals surface area contributed by atoms with Gasteiger partial charge in [0, 0.05) is 18.5 Å². The third kappa shape index (κ3) is 9.19. The molecule has 3 atom stereocenters. The van der Waals surface area contributed by atoms with E-state index in [4.69, 9.17) is 51.3 Å². The summed E-state index contributed by atoms with van der Waals surface area (Å²) in [7, 11) is 3.07. The van der Waals surface area contributed by atoms with Gasteiger partial charge in [-0.05, 0) is 84.9 Å². The third-order valence-corrected chi connectivity index (χ3v) is 10.8. The minimum Gasteiger partial charge on any atom is -0.493 e. The van der Waals surface area contributed by atoms with Gasteiger partial charge in [-0.25, -0.2) is 14.6 Å². The van der Waals surface area contributed by atoms with Crippen molar-refractivity contribution in [1.29, 1.82) is 0 Å². The summed E-state index contributed by atoms with van der Waals surface area (Å²) < 4.78 is 34.9. The molecule has 55 heavy (non-hydrogen) atoms. The highest BCUT2D eigenvalue weighted by Gasteiger charge is 2.37. The highest BCUT2D eigenvalue weighted by Crippen LogP contribution is 2.36. The predicted octanol–water partition coefficient (Wildman–Crippen LogP) is 8.05. The number of hydrogen-bond acceptors (Lipinski definition) is 9. The second-order valence-electron chi connectivity index (χ2n) is 13.5. The fraction of sp³-hybridized carbons (Fsp3) is 0.310. The number of aromatic nitrogens is 1. The van der Waals surface area contributed by atoms with Crippen LogP contribution in [0.4, 0.5) is 4.79 Å². The molecule has 286 valence electrons. The van der Waals surface area contributed by atoms with Crippen molar-refractivity contribution in [2.45, 2.75) is 44.1 Å². The molecule has 5 aromatic rings. The number of piperidine rings is 3. The minimum atomic E-state index is -0.809. The average Bonchev–Trinajstić information content (AvgIpc) is 3.70. The second kappa shape index (κ2) is 17.5. The first-order valence-electron chi connectivity index (χ1n) is 18.1. The zero-order chi connectivity index (χ0) is 38.3. The van der Waals surface area contributed by atoms with Gasteiger partial charge >= 0.3 is 12.1 Å². The topological polar surface area (TPSA) is 123 Å². The SMILES string of the molecule is COc1ccc([C@H](Cc2c(Cl)c[nH+]cc2Cl)OC(=O)c2ccc(COc3cccc([C@@H](NC(=O)O[C@H]4CN5CCC4CC5)c4ccccc4)c3)o2)cc1OC. The molecule has 3 aliphatic rings. The van der Waals surface area contributed by atoms with Gasteiger partial charge < -0.3 is 33.4 Å². The number of carbonyl (C=O) groups is 2. The molecule has 0 aliphatic carbocycles. The van der Waals surface area contributed by atoms with Crippen LogP contribution < -0.4 is 24.5 Å². The Morgan fingerprint density at radius 1 is 0.873 bits per heavy atom. The molecular formula is C42H42Cl2N3O8+. The number of aromatic amines is 1. The molecule has 3 fully saturated rings. The Kier molecular flexibility index (Phi) is 12.1. The quantitative estimate of drug-likeness (QED) is 0.111. The van der Waals surface area contributed by atoms with Crippen LogP contribution in [0, 0.1) is 5.92 Å². The maximum absolute atomic E-state index is 13.5. The van der Waals surface area contributed by atoms with Crippen molar-refractivity contribution in [2.75, 3.05) is 33.9 Å². The number of ether oxygens (including phenoxy) is 5. The molecule has 0 unspecified atom stereocenters. The number of amides is 1. The van der Waals surface area contributed by atoms with E-state index in [-0.39, 0.29) is 24.9 Å². The van der Waals surface area contributed by atoms with Crippen molar-refractivity contribution in [3.63, 3.8) is 0 Å². The Bertz CT molecular complexity index is 2080. The molecule has 0 radical (unpaired) electrons. The van der Waals surface area contributed by atoms with Gasteiger partial charge in [-0.1, -0.05) is 71.7 Å². The number of fused-ring (bicyclic) bond motifs is 3. The van der Waals surface area contributed by atoms with Gasteiger partial charge in [-0.3, -0.25) is 4.90 Å². The van der Waals surface area contributed by atoms with Gasteiger partial charge in [-0.15, -0.1) is 0 Å². The molecule has 1 amide bonds. The van der Waals surface area contributed by atoms with Gasteiger partial charge in [-0.2, -0.15) is 0 Å². The molecule has 3 aromatic carbocycles. The summed E-state index contributed by atoms with van der Waals surface area (Å²) in [6.45, 7) is 2.94. The van der Waals surface area contributed by atoms with E-state index in [2.05, 4.69) is 15.2 Å². The number of hydrogen-bond donors (Lipinski definition) is 1. The summed E-state index contributed by atoms with van der Waals surface area (Å²) in [6, 6.07) is 25.2. The molecule has 0 saturated carbocycles. The zero-order valence-electron chi connectivity index (χ0n) is 30.5. The van der Waals surface area contributed by atoms with Gasteiger partial charge in [0.25, 0.3) is 0 Å². The maximum atomic E-state index is 13.5. The van der Waals surface area contributed by atoms with Crippen LogP contribution in [0.1, 0.15) is 63.6 Å². The van der Waals surface area contributed by atoms with Crippen LogP contribution in [0.25, 0.3) is 0 Å². The first-order valence-corrected chi connectivity index (χ1v) is 18.9. The molecule has 3 aliphatic heterocycles. The number of rotatable bonds is 14. The highest BCUT2D eigenvalue weighted by molar-refractivity contribution is 6.35. The van der Waals surface area contributed by atoms with Crippen LogP contribution in [0.5, 0.6) is 17.2 Å². The molecule has 2 N–H and O–H groups in total. The van der Waals surface area contributed by atoms with E-state index in [1.165, 1.54) is 13.2 Å². The lowest BCUT2D eigenvalue weighted by molar-refractivity contribution is -0.377. The summed E-state index contributed by atoms with van der Waals surface area (Å²) in [5, 5.41) is 3.89. The Morgan fingerprint density at radius 3 is 2.33 bits per heavy atom. The molecular weight excluding hydrogens is 745 g/mol. The monoisotopic (exact) mass is 786 g/mol. The van der Waals surface area contributed by atoms with E-state index >= 15 is 0 Å². The number of nitrogens with zero attached hydrogens (tertiary/aromatic N) is 1. The predicted molar refractivity (Wildman–Crippen MR) is 205 cm³/mol. The molecule has 2 aromatic heterocycles. The molecule has 3 saturated heterocycles. The fourth-order valence-corrected chi connectivity index (χ4v) is 7.70. The number of benzene rings is 3. The van der Waals surface area contributed by atoms with Crippen molar-refractivity contribution >= 4 is 35.3 Å². The van der Waals surface area contributed by atoms with Gasteiger partial charge in [0.05, 0.1) is 20.3 Å². The van der Waals surface area contributed by atoms with Crippen LogP contribution in [0.15, 0.2) is 102 Å². The Labute approximate surface area is 329 Å². The number of nitrogens with one attached hydrogen (secondary N) is 2. The van der Waals surface area contributed by atoms with Crippen LogP contribution >= 0.6 is 23.2 Å². The van der Waals surface area contributed by atoms with Crippen molar-refractivity contribution < 1.29 is 42.7 Å². The van der Waals surface area contributed by atoms with E-state index < -0.39 is 24.2 Å². The van der Waals surface area contributed by atoms with E-state index in [0.717, 1.165) is 43.6 Å². The molecule has 5 heterocycles. The third-order valence-electron chi connectivity index (χ3n) is 10.1. The van der Waals surface area contributed by atoms with Crippen molar-refractivity contribution in [2.24, 2.45) is 5.92 Å². The van der Waals surface area contributed by atoms with E-state index in [0.29, 0.717) is 50.1 Å². The number of furan rings is 1. The number of alkyl carbamates (subject to hydrolysis) is 1. The summed E-state index contributed by atoms with van der Waals surface area (Å²) in [5.74, 6) is 1.65. The van der Waals surface area contributed by atoms with Crippen LogP contribution in [0.2, 0.25) is 10.0 Å².